The van der Waals surface area contributed by atoms with E-state index in [9.17, 15) is 9.18 Å². The summed E-state index contributed by atoms with van der Waals surface area (Å²) in [5.41, 5.74) is 0.141. The van der Waals surface area contributed by atoms with Gasteiger partial charge in [0, 0.05) is 4.47 Å². The zero-order chi connectivity index (χ0) is 12.0. The molecule has 0 aliphatic carbocycles. The fraction of sp³-hybridized carbons (Fsp3) is 0.182. The van der Waals surface area contributed by atoms with Gasteiger partial charge in [-0.2, -0.15) is 0 Å². The molecule has 1 rings (SSSR count). The molecule has 0 atom stereocenters. The van der Waals surface area contributed by atoms with Gasteiger partial charge in [-0.15, -0.1) is 6.42 Å². The molecule has 1 aromatic rings. The Morgan fingerprint density at radius 3 is 3.00 bits per heavy atom. The van der Waals surface area contributed by atoms with E-state index in [0.717, 1.165) is 0 Å². The molecule has 1 amide bonds. The first kappa shape index (κ1) is 12.7. The third kappa shape index (κ3) is 4.01. The van der Waals surface area contributed by atoms with Crippen molar-refractivity contribution in [3.8, 4) is 12.3 Å². The molecule has 84 valence electrons. The lowest BCUT2D eigenvalue weighted by molar-refractivity contribution is -0.115. The smallest absolute Gasteiger partial charge is 0.238 e. The maximum atomic E-state index is 13.2. The van der Waals surface area contributed by atoms with Gasteiger partial charge >= 0.3 is 0 Å². The Morgan fingerprint density at radius 1 is 1.56 bits per heavy atom. The molecule has 2 N–H and O–H groups in total. The van der Waals surface area contributed by atoms with Gasteiger partial charge in [0.1, 0.15) is 5.82 Å². The first-order valence-corrected chi connectivity index (χ1v) is 5.32. The number of halogens is 2. The van der Waals surface area contributed by atoms with E-state index in [1.54, 1.807) is 6.07 Å². The standard InChI is InChI=1S/C11H10BrFN2O/c1-2-5-14-7-11(16)15-10-6-8(12)3-4-9(10)13/h1,3-4,6,14H,5,7H2,(H,15,16). The quantitative estimate of drug-likeness (QED) is 0.653. The highest BCUT2D eigenvalue weighted by molar-refractivity contribution is 9.10. The van der Waals surface area contributed by atoms with Crippen LogP contribution in [-0.4, -0.2) is 19.0 Å². The number of terminal acetylenes is 1. The molecule has 0 unspecified atom stereocenters. The molecule has 0 bridgehead atoms. The fourth-order valence-electron chi connectivity index (χ4n) is 1.04. The van der Waals surface area contributed by atoms with Crippen molar-refractivity contribution in [3.05, 3.63) is 28.5 Å². The molecular weight excluding hydrogens is 275 g/mol. The predicted molar refractivity (Wildman–Crippen MR) is 64.4 cm³/mol. The number of amides is 1. The Hall–Kier alpha value is -1.38. The first-order chi connectivity index (χ1) is 7.63. The molecule has 0 aromatic heterocycles. The van der Waals surface area contributed by atoms with E-state index < -0.39 is 5.82 Å². The Balaban J connectivity index is 2.56. The van der Waals surface area contributed by atoms with Gasteiger partial charge in [0.2, 0.25) is 5.91 Å². The maximum absolute atomic E-state index is 13.2. The summed E-state index contributed by atoms with van der Waals surface area (Å²) < 4.78 is 13.9. The van der Waals surface area contributed by atoms with Crippen molar-refractivity contribution in [3.63, 3.8) is 0 Å². The number of carbonyl (C=O) groups is 1. The van der Waals surface area contributed by atoms with Crippen molar-refractivity contribution in [1.82, 2.24) is 5.32 Å². The highest BCUT2D eigenvalue weighted by atomic mass is 79.9. The predicted octanol–water partition coefficient (Wildman–Crippen LogP) is 1.75. The Morgan fingerprint density at radius 2 is 2.31 bits per heavy atom. The van der Waals surface area contributed by atoms with Gasteiger partial charge in [0.25, 0.3) is 0 Å². The lowest BCUT2D eigenvalue weighted by Crippen LogP contribution is -2.28. The summed E-state index contributed by atoms with van der Waals surface area (Å²) in [6, 6.07) is 4.32. The third-order valence-electron chi connectivity index (χ3n) is 1.72. The monoisotopic (exact) mass is 284 g/mol. The molecule has 3 nitrogen and oxygen atoms in total. The van der Waals surface area contributed by atoms with Crippen LogP contribution in [0.2, 0.25) is 0 Å². The molecule has 0 saturated heterocycles. The van der Waals surface area contributed by atoms with Gasteiger partial charge in [-0.1, -0.05) is 21.9 Å². The second-order valence-electron chi connectivity index (χ2n) is 2.98. The van der Waals surface area contributed by atoms with Crippen LogP contribution in [0, 0.1) is 18.2 Å². The van der Waals surface area contributed by atoms with Crippen molar-refractivity contribution in [1.29, 1.82) is 0 Å². The van der Waals surface area contributed by atoms with E-state index in [0.29, 0.717) is 11.0 Å². The minimum absolute atomic E-state index is 0.0517. The van der Waals surface area contributed by atoms with Gasteiger partial charge in [0.05, 0.1) is 18.8 Å². The number of rotatable bonds is 4. The molecule has 0 spiro atoms. The van der Waals surface area contributed by atoms with Crippen LogP contribution in [-0.2, 0) is 4.79 Å². The number of hydrogen-bond donors (Lipinski definition) is 2. The van der Waals surface area contributed by atoms with Crippen LogP contribution in [0.4, 0.5) is 10.1 Å². The summed E-state index contributed by atoms with van der Waals surface area (Å²) >= 11 is 3.19. The Labute approximate surface area is 102 Å². The maximum Gasteiger partial charge on any atom is 0.238 e. The summed E-state index contributed by atoms with van der Waals surface area (Å²) in [5, 5.41) is 5.14. The second kappa shape index (κ2) is 6.26. The third-order valence-corrected chi connectivity index (χ3v) is 2.21. The molecular formula is C11H10BrFN2O. The van der Waals surface area contributed by atoms with Crippen LogP contribution in [0.15, 0.2) is 22.7 Å². The molecule has 0 fully saturated rings. The fourth-order valence-corrected chi connectivity index (χ4v) is 1.40. The number of nitrogens with one attached hydrogen (secondary N) is 2. The Kier molecular flexibility index (Phi) is 4.96. The average Bonchev–Trinajstić information content (AvgIpc) is 2.24. The summed E-state index contributed by atoms with van der Waals surface area (Å²) in [7, 11) is 0. The number of carbonyl (C=O) groups excluding carboxylic acids is 1. The van der Waals surface area contributed by atoms with Crippen molar-refractivity contribution >= 4 is 27.5 Å². The van der Waals surface area contributed by atoms with Crippen LogP contribution in [0.25, 0.3) is 0 Å². The molecule has 0 heterocycles. The first-order valence-electron chi connectivity index (χ1n) is 4.52. The lowest BCUT2D eigenvalue weighted by Gasteiger charge is -2.06. The van der Waals surface area contributed by atoms with Gasteiger partial charge < -0.3 is 5.32 Å². The molecule has 0 saturated carbocycles. The van der Waals surface area contributed by atoms with Gasteiger partial charge in [0.15, 0.2) is 0 Å². The molecule has 0 aliphatic rings. The van der Waals surface area contributed by atoms with E-state index in [-0.39, 0.29) is 18.1 Å². The van der Waals surface area contributed by atoms with Crippen molar-refractivity contribution < 1.29 is 9.18 Å². The average molecular weight is 285 g/mol. The van der Waals surface area contributed by atoms with Crippen LogP contribution < -0.4 is 10.6 Å². The highest BCUT2D eigenvalue weighted by Crippen LogP contribution is 2.19. The molecule has 1 aromatic carbocycles. The summed E-state index contributed by atoms with van der Waals surface area (Å²) in [5.74, 6) is 1.52. The van der Waals surface area contributed by atoms with Gasteiger partial charge in [-0.25, -0.2) is 4.39 Å². The van der Waals surface area contributed by atoms with E-state index in [2.05, 4.69) is 32.5 Å². The number of hydrogen-bond acceptors (Lipinski definition) is 2. The van der Waals surface area contributed by atoms with E-state index in [1.807, 2.05) is 0 Å². The van der Waals surface area contributed by atoms with E-state index in [1.165, 1.54) is 12.1 Å². The van der Waals surface area contributed by atoms with Crippen LogP contribution >= 0.6 is 15.9 Å². The minimum Gasteiger partial charge on any atom is -0.322 e. The zero-order valence-corrected chi connectivity index (χ0v) is 9.97. The van der Waals surface area contributed by atoms with Gasteiger partial charge in [-0.05, 0) is 18.2 Å². The van der Waals surface area contributed by atoms with Crippen LogP contribution in [0.3, 0.4) is 0 Å². The zero-order valence-electron chi connectivity index (χ0n) is 8.39. The summed E-state index contributed by atoms with van der Waals surface area (Å²) in [4.78, 5) is 11.3. The van der Waals surface area contributed by atoms with Crippen molar-refractivity contribution in [2.75, 3.05) is 18.4 Å². The molecule has 5 heteroatoms. The number of anilines is 1. The van der Waals surface area contributed by atoms with Crippen LogP contribution in [0.1, 0.15) is 0 Å². The molecule has 0 aliphatic heterocycles. The van der Waals surface area contributed by atoms with E-state index in [4.69, 9.17) is 6.42 Å². The summed E-state index contributed by atoms with van der Waals surface area (Å²) in [6.07, 6.45) is 5.00. The normalized spacial score (nSPS) is 9.56. The number of benzene rings is 1. The highest BCUT2D eigenvalue weighted by Gasteiger charge is 2.06. The van der Waals surface area contributed by atoms with E-state index >= 15 is 0 Å². The SMILES string of the molecule is C#CCNCC(=O)Nc1cc(Br)ccc1F. The molecule has 16 heavy (non-hydrogen) atoms. The molecule has 0 radical (unpaired) electrons. The van der Waals surface area contributed by atoms with Crippen LogP contribution in [0.5, 0.6) is 0 Å². The second-order valence-corrected chi connectivity index (χ2v) is 3.90. The van der Waals surface area contributed by atoms with Crippen molar-refractivity contribution in [2.45, 2.75) is 0 Å². The minimum atomic E-state index is -0.478. The summed E-state index contributed by atoms with van der Waals surface area (Å²) in [6.45, 7) is 0.352. The van der Waals surface area contributed by atoms with Crippen molar-refractivity contribution in [2.24, 2.45) is 0 Å². The van der Waals surface area contributed by atoms with Gasteiger partial charge in [-0.3, -0.25) is 10.1 Å². The topological polar surface area (TPSA) is 41.1 Å². The largest absolute Gasteiger partial charge is 0.322 e. The Bertz CT molecular complexity index is 428. The lowest BCUT2D eigenvalue weighted by atomic mass is 10.3.